The summed E-state index contributed by atoms with van der Waals surface area (Å²) in [4.78, 5) is 18.3. The van der Waals surface area contributed by atoms with Crippen LogP contribution in [-0.4, -0.2) is 29.2 Å². The van der Waals surface area contributed by atoms with Crippen molar-refractivity contribution in [3.8, 4) is 0 Å². The van der Waals surface area contributed by atoms with E-state index in [-0.39, 0.29) is 6.09 Å². The molecule has 0 aromatic carbocycles. The summed E-state index contributed by atoms with van der Waals surface area (Å²) >= 11 is 0. The molecule has 0 saturated carbocycles. The number of carbonyl (C=O) groups excluding carboxylic acids is 1. The molecular formula is C13H23N3O2. The van der Waals surface area contributed by atoms with E-state index in [4.69, 9.17) is 4.74 Å². The molecule has 1 aromatic heterocycles. The fourth-order valence-corrected chi connectivity index (χ4v) is 1.75. The molecule has 1 atom stereocenters. The van der Waals surface area contributed by atoms with Gasteiger partial charge in [-0.3, -0.25) is 0 Å². The second kappa shape index (κ2) is 8.55. The molecule has 0 aliphatic heterocycles. The van der Waals surface area contributed by atoms with Crippen LogP contribution >= 0.6 is 0 Å². The highest BCUT2D eigenvalue weighted by Crippen LogP contribution is 2.03. The van der Waals surface area contributed by atoms with Gasteiger partial charge in [0.1, 0.15) is 0 Å². The molecule has 18 heavy (non-hydrogen) atoms. The number of hydrogen-bond acceptors (Lipinski definition) is 3. The normalized spacial score (nSPS) is 12.1. The molecule has 1 heterocycles. The number of hydrogen-bond donors (Lipinski definition) is 2. The molecule has 0 fully saturated rings. The summed E-state index contributed by atoms with van der Waals surface area (Å²) in [5, 5.41) is 2.78. The van der Waals surface area contributed by atoms with E-state index in [9.17, 15) is 4.79 Å². The molecular weight excluding hydrogens is 230 g/mol. The first-order valence-electron chi connectivity index (χ1n) is 6.60. The summed E-state index contributed by atoms with van der Waals surface area (Å²) in [5.74, 6) is 0.507. The number of H-pyrrole nitrogens is 1. The largest absolute Gasteiger partial charge is 0.450 e. The van der Waals surface area contributed by atoms with Crippen LogP contribution in [0.5, 0.6) is 0 Å². The van der Waals surface area contributed by atoms with E-state index < -0.39 is 0 Å². The average molecular weight is 253 g/mol. The minimum Gasteiger partial charge on any atom is -0.450 e. The van der Waals surface area contributed by atoms with E-state index in [1.807, 2.05) is 0 Å². The third kappa shape index (κ3) is 6.27. The molecule has 0 unspecified atom stereocenters. The second-order valence-electron chi connectivity index (χ2n) is 4.59. The molecule has 102 valence electrons. The minimum absolute atomic E-state index is 0.317. The van der Waals surface area contributed by atoms with Crippen LogP contribution in [0.1, 0.15) is 38.8 Å². The first-order chi connectivity index (χ1) is 8.72. The van der Waals surface area contributed by atoms with E-state index in [0.717, 1.165) is 31.4 Å². The number of aryl methyl sites for hydroxylation is 1. The van der Waals surface area contributed by atoms with Gasteiger partial charge in [0.2, 0.25) is 0 Å². The van der Waals surface area contributed by atoms with E-state index in [0.29, 0.717) is 19.1 Å². The summed E-state index contributed by atoms with van der Waals surface area (Å²) in [6.45, 7) is 5.40. The zero-order chi connectivity index (χ0) is 13.2. The summed E-state index contributed by atoms with van der Waals surface area (Å²) < 4.78 is 5.08. The Kier molecular flexibility index (Phi) is 6.91. The van der Waals surface area contributed by atoms with Crippen LogP contribution in [-0.2, 0) is 11.2 Å². The highest BCUT2D eigenvalue weighted by atomic mass is 16.5. The van der Waals surface area contributed by atoms with E-state index in [1.165, 1.54) is 0 Å². The van der Waals surface area contributed by atoms with Gasteiger partial charge >= 0.3 is 6.09 Å². The van der Waals surface area contributed by atoms with Crippen LogP contribution in [0.3, 0.4) is 0 Å². The minimum atomic E-state index is -0.317. The quantitative estimate of drug-likeness (QED) is 0.699. The zero-order valence-corrected chi connectivity index (χ0v) is 11.2. The maximum absolute atomic E-state index is 11.4. The maximum Gasteiger partial charge on any atom is 0.407 e. The van der Waals surface area contributed by atoms with Crippen molar-refractivity contribution in [1.29, 1.82) is 0 Å². The molecule has 2 N–H and O–H groups in total. The number of amides is 1. The fourth-order valence-electron chi connectivity index (χ4n) is 1.75. The van der Waals surface area contributed by atoms with Crippen LogP contribution in [0.15, 0.2) is 12.5 Å². The van der Waals surface area contributed by atoms with Gasteiger partial charge in [-0.15, -0.1) is 0 Å². The van der Waals surface area contributed by atoms with Crippen molar-refractivity contribution < 1.29 is 9.53 Å². The Balaban J connectivity index is 1.99. The number of imidazole rings is 1. The number of nitrogens with zero attached hydrogens (tertiary/aromatic N) is 1. The number of ether oxygens (including phenoxy) is 1. The third-order valence-electron chi connectivity index (χ3n) is 2.75. The van der Waals surface area contributed by atoms with Crippen molar-refractivity contribution in [1.82, 2.24) is 15.3 Å². The molecule has 1 rings (SSSR count). The lowest BCUT2D eigenvalue weighted by Crippen LogP contribution is -2.29. The number of aromatic amines is 1. The first-order valence-corrected chi connectivity index (χ1v) is 6.60. The van der Waals surface area contributed by atoms with Gasteiger partial charge in [-0.2, -0.15) is 0 Å². The van der Waals surface area contributed by atoms with Gasteiger partial charge in [-0.05, 0) is 25.2 Å². The Hall–Kier alpha value is -1.52. The van der Waals surface area contributed by atoms with Gasteiger partial charge in [0, 0.05) is 18.4 Å². The van der Waals surface area contributed by atoms with E-state index in [2.05, 4.69) is 29.1 Å². The van der Waals surface area contributed by atoms with Gasteiger partial charge in [0.25, 0.3) is 0 Å². The topological polar surface area (TPSA) is 67.0 Å². The van der Waals surface area contributed by atoms with Crippen LogP contribution in [0.4, 0.5) is 4.79 Å². The van der Waals surface area contributed by atoms with Crippen molar-refractivity contribution in [3.05, 3.63) is 18.2 Å². The summed E-state index contributed by atoms with van der Waals surface area (Å²) in [6.07, 6.45) is 7.04. The predicted molar refractivity (Wildman–Crippen MR) is 70.3 cm³/mol. The summed E-state index contributed by atoms with van der Waals surface area (Å²) in [7, 11) is 0. The van der Waals surface area contributed by atoms with Crippen molar-refractivity contribution in [2.75, 3.05) is 13.2 Å². The molecule has 0 bridgehead atoms. The fraction of sp³-hybridized carbons (Fsp3) is 0.692. The number of rotatable bonds is 8. The number of aromatic nitrogens is 2. The molecule has 0 aliphatic rings. The first kappa shape index (κ1) is 14.5. The second-order valence-corrected chi connectivity index (χ2v) is 4.59. The van der Waals surface area contributed by atoms with Crippen molar-refractivity contribution in [2.45, 2.75) is 39.5 Å². The summed E-state index contributed by atoms with van der Waals surface area (Å²) in [6, 6.07) is 0. The lowest BCUT2D eigenvalue weighted by Gasteiger charge is -2.11. The van der Waals surface area contributed by atoms with Crippen LogP contribution in [0.25, 0.3) is 0 Å². The van der Waals surface area contributed by atoms with Crippen molar-refractivity contribution in [3.63, 3.8) is 0 Å². The van der Waals surface area contributed by atoms with Crippen molar-refractivity contribution in [2.24, 2.45) is 5.92 Å². The van der Waals surface area contributed by atoms with Gasteiger partial charge in [0.05, 0.1) is 12.9 Å². The van der Waals surface area contributed by atoms with E-state index >= 15 is 0 Å². The summed E-state index contributed by atoms with van der Waals surface area (Å²) in [5.41, 5.74) is 1.07. The molecule has 0 radical (unpaired) electrons. The Labute approximate surface area is 108 Å². The van der Waals surface area contributed by atoms with Gasteiger partial charge in [-0.1, -0.05) is 20.3 Å². The highest BCUT2D eigenvalue weighted by molar-refractivity contribution is 5.67. The van der Waals surface area contributed by atoms with Gasteiger partial charge < -0.3 is 15.0 Å². The molecule has 5 heteroatoms. The lowest BCUT2D eigenvalue weighted by molar-refractivity contribution is 0.143. The van der Waals surface area contributed by atoms with Crippen molar-refractivity contribution >= 4 is 6.09 Å². The Bertz CT molecular complexity index is 325. The van der Waals surface area contributed by atoms with Crippen LogP contribution in [0.2, 0.25) is 0 Å². The van der Waals surface area contributed by atoms with E-state index in [1.54, 1.807) is 12.5 Å². The molecule has 1 aromatic rings. The molecule has 5 nitrogen and oxygen atoms in total. The van der Waals surface area contributed by atoms with Crippen LogP contribution < -0.4 is 5.32 Å². The number of carbonyl (C=O) groups is 1. The Morgan fingerprint density at radius 3 is 3.11 bits per heavy atom. The predicted octanol–water partition coefficient (Wildman–Crippen LogP) is 2.50. The number of alkyl carbamates (subject to hydrolysis) is 1. The zero-order valence-electron chi connectivity index (χ0n) is 11.2. The highest BCUT2D eigenvalue weighted by Gasteiger charge is 2.05. The van der Waals surface area contributed by atoms with Gasteiger partial charge in [-0.25, -0.2) is 9.78 Å². The molecule has 1 amide bonds. The maximum atomic E-state index is 11.4. The molecule has 0 aliphatic carbocycles. The lowest BCUT2D eigenvalue weighted by atomic mass is 10.1. The standard InChI is InChI=1S/C13H23N3O2/c1-3-5-11(2)8-15-13(17)18-7-4-6-12-9-14-10-16-12/h9-11H,3-8H2,1-2H3,(H,14,16)(H,15,17)/t11-/m0/s1. The molecule has 0 spiro atoms. The third-order valence-corrected chi connectivity index (χ3v) is 2.75. The average Bonchev–Trinajstić information content (AvgIpc) is 2.85. The Morgan fingerprint density at radius 1 is 1.61 bits per heavy atom. The van der Waals surface area contributed by atoms with Gasteiger partial charge in [0.15, 0.2) is 0 Å². The molecule has 0 saturated heterocycles. The Morgan fingerprint density at radius 2 is 2.44 bits per heavy atom. The van der Waals surface area contributed by atoms with Crippen LogP contribution in [0, 0.1) is 5.92 Å². The SMILES string of the molecule is CCC[C@H](C)CNC(=O)OCCCc1cnc[nH]1. The monoisotopic (exact) mass is 253 g/mol. The smallest absolute Gasteiger partial charge is 0.407 e. The number of nitrogens with one attached hydrogen (secondary N) is 2.